The van der Waals surface area contributed by atoms with Crippen LogP contribution in [0.2, 0.25) is 0 Å². The van der Waals surface area contributed by atoms with Crippen molar-refractivity contribution in [2.45, 2.75) is 39.5 Å². The van der Waals surface area contributed by atoms with E-state index in [1.807, 2.05) is 0 Å². The molecule has 0 aliphatic rings. The van der Waals surface area contributed by atoms with Crippen molar-refractivity contribution in [3.05, 3.63) is 46.7 Å². The number of amides is 1. The minimum Gasteiger partial charge on any atom is -0.320 e. The van der Waals surface area contributed by atoms with Crippen LogP contribution in [0.3, 0.4) is 0 Å². The number of anilines is 1. The number of benzene rings is 1. The van der Waals surface area contributed by atoms with Crippen molar-refractivity contribution < 1.29 is 4.79 Å². The van der Waals surface area contributed by atoms with Gasteiger partial charge in [-0.25, -0.2) is 9.50 Å². The molecule has 0 bridgehead atoms. The Hall–Kier alpha value is -2.21. The van der Waals surface area contributed by atoms with Gasteiger partial charge in [-0.3, -0.25) is 4.79 Å². The van der Waals surface area contributed by atoms with E-state index < -0.39 is 0 Å². The summed E-state index contributed by atoms with van der Waals surface area (Å²) in [5.74, 6) is 0.463. The molecule has 0 unspecified atom stereocenters. The van der Waals surface area contributed by atoms with Gasteiger partial charge in [0.2, 0.25) is 4.96 Å². The molecule has 0 saturated carbocycles. The molecule has 3 rings (SSSR count). The van der Waals surface area contributed by atoms with Gasteiger partial charge in [0.15, 0.2) is 0 Å². The van der Waals surface area contributed by atoms with Crippen molar-refractivity contribution in [3.8, 4) is 0 Å². The van der Waals surface area contributed by atoms with Crippen LogP contribution in [0.25, 0.3) is 4.96 Å². The third-order valence-corrected chi connectivity index (χ3v) is 4.52. The minimum absolute atomic E-state index is 0.197. The maximum Gasteiger partial charge on any atom is 0.276 e. The standard InChI is InChI=1S/C17H20N4OS/c1-10(2)12-6-5-7-13(11(3)4)15(12)20-16(22)14-8-21-17(19-14)23-9-18-21/h5-11H,1-4H3,(H,20,22). The van der Waals surface area contributed by atoms with Crippen LogP contribution in [0, 0.1) is 0 Å². The minimum atomic E-state index is -0.197. The van der Waals surface area contributed by atoms with E-state index in [0.717, 1.165) is 21.8 Å². The van der Waals surface area contributed by atoms with Crippen molar-refractivity contribution in [2.24, 2.45) is 0 Å². The van der Waals surface area contributed by atoms with Crippen LogP contribution in [-0.2, 0) is 0 Å². The summed E-state index contributed by atoms with van der Waals surface area (Å²) in [6.07, 6.45) is 1.66. The maximum absolute atomic E-state index is 12.6. The van der Waals surface area contributed by atoms with Crippen LogP contribution in [0.5, 0.6) is 0 Å². The molecule has 0 aliphatic heterocycles. The number of imidazole rings is 1. The Morgan fingerprint density at radius 1 is 1.17 bits per heavy atom. The van der Waals surface area contributed by atoms with Gasteiger partial charge in [-0.15, -0.1) is 0 Å². The highest BCUT2D eigenvalue weighted by Crippen LogP contribution is 2.32. The van der Waals surface area contributed by atoms with Crippen LogP contribution < -0.4 is 5.32 Å². The molecule has 2 aromatic heterocycles. The number of hydrogen-bond donors (Lipinski definition) is 1. The first-order valence-corrected chi connectivity index (χ1v) is 8.58. The fourth-order valence-corrected chi connectivity index (χ4v) is 3.22. The lowest BCUT2D eigenvalue weighted by atomic mass is 9.92. The third-order valence-electron chi connectivity index (χ3n) is 3.83. The number of carbonyl (C=O) groups is 1. The smallest absolute Gasteiger partial charge is 0.276 e. The zero-order valence-corrected chi connectivity index (χ0v) is 14.5. The molecule has 120 valence electrons. The second-order valence-electron chi connectivity index (χ2n) is 6.17. The Labute approximate surface area is 139 Å². The van der Waals surface area contributed by atoms with Gasteiger partial charge in [0.05, 0.1) is 6.20 Å². The fraction of sp³-hybridized carbons (Fsp3) is 0.353. The summed E-state index contributed by atoms with van der Waals surface area (Å²) in [4.78, 5) is 17.7. The van der Waals surface area contributed by atoms with E-state index in [1.165, 1.54) is 11.3 Å². The van der Waals surface area contributed by atoms with Gasteiger partial charge in [-0.2, -0.15) is 5.10 Å². The number of rotatable bonds is 4. The summed E-state index contributed by atoms with van der Waals surface area (Å²) >= 11 is 1.41. The van der Waals surface area contributed by atoms with E-state index in [1.54, 1.807) is 16.2 Å². The molecular weight excluding hydrogens is 308 g/mol. The van der Waals surface area contributed by atoms with Crippen LogP contribution in [0.1, 0.15) is 61.1 Å². The predicted molar refractivity (Wildman–Crippen MR) is 93.4 cm³/mol. The predicted octanol–water partition coefficient (Wildman–Crippen LogP) is 4.29. The number of nitrogens with one attached hydrogen (secondary N) is 1. The van der Waals surface area contributed by atoms with E-state index in [-0.39, 0.29) is 5.91 Å². The Kier molecular flexibility index (Phi) is 4.17. The Morgan fingerprint density at radius 3 is 2.39 bits per heavy atom. The largest absolute Gasteiger partial charge is 0.320 e. The molecule has 1 N–H and O–H groups in total. The molecule has 3 aromatic rings. The second kappa shape index (κ2) is 6.12. The summed E-state index contributed by atoms with van der Waals surface area (Å²) in [7, 11) is 0. The van der Waals surface area contributed by atoms with Crippen LogP contribution >= 0.6 is 11.3 Å². The Morgan fingerprint density at radius 2 is 1.83 bits per heavy atom. The number of fused-ring (bicyclic) bond motifs is 1. The van der Waals surface area contributed by atoms with E-state index in [9.17, 15) is 4.79 Å². The molecule has 0 fully saturated rings. The summed E-state index contributed by atoms with van der Waals surface area (Å²) in [6, 6.07) is 6.19. The quantitative estimate of drug-likeness (QED) is 0.777. The van der Waals surface area contributed by atoms with Gasteiger partial charge in [-0.05, 0) is 23.0 Å². The first-order valence-electron chi connectivity index (χ1n) is 7.70. The highest BCUT2D eigenvalue weighted by Gasteiger charge is 2.18. The molecule has 1 amide bonds. The number of nitrogens with zero attached hydrogens (tertiary/aromatic N) is 3. The fourth-order valence-electron chi connectivity index (χ4n) is 2.62. The summed E-state index contributed by atoms with van der Waals surface area (Å²) in [6.45, 7) is 8.52. The topological polar surface area (TPSA) is 59.3 Å². The van der Waals surface area contributed by atoms with Gasteiger partial charge >= 0.3 is 0 Å². The first kappa shape index (κ1) is 15.7. The van der Waals surface area contributed by atoms with E-state index in [4.69, 9.17) is 0 Å². The molecule has 0 radical (unpaired) electrons. The highest BCUT2D eigenvalue weighted by atomic mass is 32.1. The van der Waals surface area contributed by atoms with Crippen LogP contribution in [0.4, 0.5) is 5.69 Å². The Balaban J connectivity index is 1.97. The highest BCUT2D eigenvalue weighted by molar-refractivity contribution is 7.14. The lowest BCUT2D eigenvalue weighted by molar-refractivity contribution is 0.102. The summed E-state index contributed by atoms with van der Waals surface area (Å²) < 4.78 is 1.62. The summed E-state index contributed by atoms with van der Waals surface area (Å²) in [5.41, 5.74) is 5.28. The van der Waals surface area contributed by atoms with Gasteiger partial charge in [0.25, 0.3) is 5.91 Å². The monoisotopic (exact) mass is 328 g/mol. The van der Waals surface area contributed by atoms with E-state index >= 15 is 0 Å². The van der Waals surface area contributed by atoms with Crippen LogP contribution in [0.15, 0.2) is 29.9 Å². The zero-order chi connectivity index (χ0) is 16.6. The van der Waals surface area contributed by atoms with Crippen molar-refractivity contribution in [1.82, 2.24) is 14.6 Å². The number of carbonyl (C=O) groups excluding carboxylic acids is 1. The van der Waals surface area contributed by atoms with Gasteiger partial charge in [0, 0.05) is 5.69 Å². The SMILES string of the molecule is CC(C)c1cccc(C(C)C)c1NC(=O)c1cn2ncsc2n1. The number of hydrogen-bond acceptors (Lipinski definition) is 4. The van der Waals surface area contributed by atoms with E-state index in [2.05, 4.69) is 61.3 Å². The number of aromatic nitrogens is 3. The normalized spacial score (nSPS) is 11.6. The maximum atomic E-state index is 12.6. The van der Waals surface area contributed by atoms with Crippen molar-refractivity contribution in [3.63, 3.8) is 0 Å². The molecule has 2 heterocycles. The molecule has 0 spiro atoms. The van der Waals surface area contributed by atoms with Crippen LogP contribution in [-0.4, -0.2) is 20.5 Å². The summed E-state index contributed by atoms with van der Waals surface area (Å²) in [5, 5.41) is 7.18. The van der Waals surface area contributed by atoms with Crippen molar-refractivity contribution >= 4 is 27.9 Å². The lowest BCUT2D eigenvalue weighted by Crippen LogP contribution is -2.16. The van der Waals surface area contributed by atoms with Gasteiger partial charge in [0.1, 0.15) is 11.2 Å². The second-order valence-corrected chi connectivity index (χ2v) is 6.98. The molecular formula is C17H20N4OS. The third kappa shape index (κ3) is 2.99. The molecule has 5 nitrogen and oxygen atoms in total. The Bertz CT molecular complexity index is 793. The molecule has 23 heavy (non-hydrogen) atoms. The van der Waals surface area contributed by atoms with E-state index in [0.29, 0.717) is 17.5 Å². The number of para-hydroxylation sites is 1. The molecule has 1 aromatic carbocycles. The van der Waals surface area contributed by atoms with Gasteiger partial charge in [-0.1, -0.05) is 57.2 Å². The average Bonchev–Trinajstić information content (AvgIpc) is 3.08. The average molecular weight is 328 g/mol. The van der Waals surface area contributed by atoms with Gasteiger partial charge < -0.3 is 5.32 Å². The van der Waals surface area contributed by atoms with Crippen molar-refractivity contribution in [1.29, 1.82) is 0 Å². The van der Waals surface area contributed by atoms with Crippen molar-refractivity contribution in [2.75, 3.05) is 5.32 Å². The first-order chi connectivity index (χ1) is 11.0. The lowest BCUT2D eigenvalue weighted by Gasteiger charge is -2.19. The zero-order valence-electron chi connectivity index (χ0n) is 13.7. The molecule has 6 heteroatoms. The molecule has 0 atom stereocenters. The molecule has 0 saturated heterocycles. The molecule has 0 aliphatic carbocycles.